The van der Waals surface area contributed by atoms with Gasteiger partial charge in [-0.1, -0.05) is 42.5 Å². The molecule has 130 valence electrons. The van der Waals surface area contributed by atoms with Crippen LogP contribution in [0.3, 0.4) is 0 Å². The van der Waals surface area contributed by atoms with E-state index in [1.165, 1.54) is 5.56 Å². The molecule has 2 aromatic carbocycles. The van der Waals surface area contributed by atoms with Gasteiger partial charge < -0.3 is 14.6 Å². The van der Waals surface area contributed by atoms with Gasteiger partial charge >= 0.3 is 0 Å². The zero-order valence-corrected chi connectivity index (χ0v) is 15.0. The lowest BCUT2D eigenvalue weighted by molar-refractivity contribution is -0.0746. The van der Waals surface area contributed by atoms with Crippen molar-refractivity contribution in [3.63, 3.8) is 0 Å². The summed E-state index contributed by atoms with van der Waals surface area (Å²) in [5, 5.41) is 10.6. The number of rotatable bonds is 8. The maximum atomic E-state index is 10.6. The van der Waals surface area contributed by atoms with Crippen molar-refractivity contribution in [2.45, 2.75) is 45.5 Å². The number of hydrogen-bond donors (Lipinski definition) is 1. The Bertz CT molecular complexity index is 599. The van der Waals surface area contributed by atoms with Gasteiger partial charge in [-0.2, -0.15) is 0 Å². The zero-order valence-electron chi connectivity index (χ0n) is 15.0. The quantitative estimate of drug-likeness (QED) is 0.788. The number of benzene rings is 2. The van der Waals surface area contributed by atoms with Gasteiger partial charge in [-0.05, 0) is 50.5 Å². The Morgan fingerprint density at radius 1 is 0.958 bits per heavy atom. The highest BCUT2D eigenvalue weighted by atomic mass is 16.5. The molecule has 0 aliphatic carbocycles. The molecule has 1 N–H and O–H groups in total. The average molecular weight is 328 g/mol. The van der Waals surface area contributed by atoms with Crippen LogP contribution in [0.2, 0.25) is 0 Å². The molecule has 2 rings (SSSR count). The summed E-state index contributed by atoms with van der Waals surface area (Å²) >= 11 is 0. The molecular weight excluding hydrogens is 300 g/mol. The molecule has 2 aromatic rings. The molecule has 0 aliphatic rings. The van der Waals surface area contributed by atoms with E-state index in [0.29, 0.717) is 6.61 Å². The molecule has 3 heteroatoms. The first-order valence-corrected chi connectivity index (χ1v) is 8.41. The zero-order chi connectivity index (χ0) is 17.6. The molecule has 0 bridgehead atoms. The minimum absolute atomic E-state index is 0.0122. The minimum atomic E-state index is -0.810. The second-order valence-corrected chi connectivity index (χ2v) is 6.81. The fraction of sp³-hybridized carbons (Fsp3) is 0.429. The summed E-state index contributed by atoms with van der Waals surface area (Å²) < 4.78 is 11.2. The molecule has 2 atom stereocenters. The van der Waals surface area contributed by atoms with Gasteiger partial charge in [0.2, 0.25) is 0 Å². The smallest absolute Gasteiger partial charge is 0.118 e. The topological polar surface area (TPSA) is 38.7 Å². The van der Waals surface area contributed by atoms with Crippen LogP contribution in [0.15, 0.2) is 54.6 Å². The van der Waals surface area contributed by atoms with Gasteiger partial charge in [-0.25, -0.2) is 0 Å². The molecule has 3 nitrogen and oxygen atoms in total. The van der Waals surface area contributed by atoms with Crippen molar-refractivity contribution in [2.24, 2.45) is 5.92 Å². The van der Waals surface area contributed by atoms with E-state index in [4.69, 9.17) is 9.47 Å². The van der Waals surface area contributed by atoms with E-state index >= 15 is 0 Å². The molecule has 0 radical (unpaired) electrons. The van der Waals surface area contributed by atoms with Gasteiger partial charge in [-0.3, -0.25) is 0 Å². The Balaban J connectivity index is 2.00. The van der Waals surface area contributed by atoms with Crippen molar-refractivity contribution < 1.29 is 14.6 Å². The standard InChI is InChI=1S/C21H28O3/c1-16(24-15-18-10-12-19(23-4)13-11-18)20(21(2,3)22)14-17-8-6-5-7-9-17/h5-13,16,20,22H,14-15H2,1-4H3/t16?,20-/m0/s1. The summed E-state index contributed by atoms with van der Waals surface area (Å²) in [6.45, 7) is 6.27. The Morgan fingerprint density at radius 2 is 1.58 bits per heavy atom. The summed E-state index contributed by atoms with van der Waals surface area (Å²) in [6.07, 6.45) is 0.723. The largest absolute Gasteiger partial charge is 0.497 e. The van der Waals surface area contributed by atoms with Gasteiger partial charge in [0.15, 0.2) is 0 Å². The summed E-state index contributed by atoms with van der Waals surface area (Å²) in [5.74, 6) is 0.850. The third-order valence-corrected chi connectivity index (χ3v) is 4.44. The maximum Gasteiger partial charge on any atom is 0.118 e. The lowest BCUT2D eigenvalue weighted by Gasteiger charge is -2.34. The van der Waals surface area contributed by atoms with Crippen molar-refractivity contribution >= 4 is 0 Å². The first-order valence-electron chi connectivity index (χ1n) is 8.41. The minimum Gasteiger partial charge on any atom is -0.497 e. The number of aliphatic hydroxyl groups is 1. The average Bonchev–Trinajstić information content (AvgIpc) is 2.58. The highest BCUT2D eigenvalue weighted by Crippen LogP contribution is 2.27. The fourth-order valence-electron chi connectivity index (χ4n) is 2.92. The molecule has 0 saturated heterocycles. The highest BCUT2D eigenvalue weighted by molar-refractivity contribution is 5.26. The molecule has 0 aliphatic heterocycles. The van der Waals surface area contributed by atoms with E-state index in [1.807, 2.05) is 63.2 Å². The van der Waals surface area contributed by atoms with Gasteiger partial charge in [0.1, 0.15) is 5.75 Å². The molecule has 0 aromatic heterocycles. The fourth-order valence-corrected chi connectivity index (χ4v) is 2.92. The normalized spacial score (nSPS) is 14.2. The van der Waals surface area contributed by atoms with Crippen LogP contribution in [0.25, 0.3) is 0 Å². The van der Waals surface area contributed by atoms with Crippen LogP contribution in [0.5, 0.6) is 5.75 Å². The first kappa shape index (κ1) is 18.5. The Kier molecular flexibility index (Phi) is 6.41. The molecule has 0 amide bonds. The van der Waals surface area contributed by atoms with Gasteiger partial charge in [0.25, 0.3) is 0 Å². The predicted octanol–water partition coefficient (Wildman–Crippen LogP) is 4.23. The van der Waals surface area contributed by atoms with Crippen molar-refractivity contribution in [1.82, 2.24) is 0 Å². The second kappa shape index (κ2) is 8.32. The molecular formula is C21H28O3. The van der Waals surface area contributed by atoms with Crippen molar-refractivity contribution in [3.8, 4) is 5.75 Å². The SMILES string of the molecule is COc1ccc(COC(C)[C@H](Cc2ccccc2)C(C)(C)O)cc1. The molecule has 0 spiro atoms. The lowest BCUT2D eigenvalue weighted by Crippen LogP contribution is -2.40. The van der Waals surface area contributed by atoms with Crippen LogP contribution in [0.1, 0.15) is 31.9 Å². The van der Waals surface area contributed by atoms with E-state index in [-0.39, 0.29) is 12.0 Å². The van der Waals surface area contributed by atoms with Crippen LogP contribution >= 0.6 is 0 Å². The van der Waals surface area contributed by atoms with E-state index in [2.05, 4.69) is 12.1 Å². The van der Waals surface area contributed by atoms with Crippen LogP contribution in [-0.4, -0.2) is 23.9 Å². The Labute approximate surface area is 145 Å². The Hall–Kier alpha value is -1.84. The summed E-state index contributed by atoms with van der Waals surface area (Å²) in [6, 6.07) is 18.1. The van der Waals surface area contributed by atoms with Gasteiger partial charge in [0.05, 0.1) is 25.4 Å². The maximum absolute atomic E-state index is 10.6. The third-order valence-electron chi connectivity index (χ3n) is 4.44. The summed E-state index contributed by atoms with van der Waals surface area (Å²) in [4.78, 5) is 0. The first-order chi connectivity index (χ1) is 11.4. The van der Waals surface area contributed by atoms with Crippen LogP contribution in [0.4, 0.5) is 0 Å². The predicted molar refractivity (Wildman–Crippen MR) is 97.2 cm³/mol. The van der Waals surface area contributed by atoms with Crippen LogP contribution in [0, 0.1) is 5.92 Å². The molecule has 24 heavy (non-hydrogen) atoms. The van der Waals surface area contributed by atoms with Crippen LogP contribution < -0.4 is 4.74 Å². The molecule has 0 heterocycles. The van der Waals surface area contributed by atoms with Crippen molar-refractivity contribution in [3.05, 3.63) is 65.7 Å². The Morgan fingerprint density at radius 3 is 2.12 bits per heavy atom. The van der Waals surface area contributed by atoms with E-state index in [0.717, 1.165) is 17.7 Å². The molecule has 0 saturated carbocycles. The van der Waals surface area contributed by atoms with Crippen LogP contribution in [-0.2, 0) is 17.8 Å². The van der Waals surface area contributed by atoms with E-state index in [9.17, 15) is 5.11 Å². The van der Waals surface area contributed by atoms with Crippen molar-refractivity contribution in [1.29, 1.82) is 0 Å². The number of methoxy groups -OCH3 is 1. The molecule has 1 unspecified atom stereocenters. The molecule has 0 fully saturated rings. The lowest BCUT2D eigenvalue weighted by atomic mass is 9.82. The van der Waals surface area contributed by atoms with E-state index in [1.54, 1.807) is 7.11 Å². The van der Waals surface area contributed by atoms with Gasteiger partial charge in [-0.15, -0.1) is 0 Å². The monoisotopic (exact) mass is 328 g/mol. The van der Waals surface area contributed by atoms with Crippen molar-refractivity contribution in [2.75, 3.05) is 7.11 Å². The summed E-state index contributed by atoms with van der Waals surface area (Å²) in [5.41, 5.74) is 1.50. The third kappa shape index (κ3) is 5.36. The van der Waals surface area contributed by atoms with E-state index < -0.39 is 5.60 Å². The van der Waals surface area contributed by atoms with Gasteiger partial charge in [0, 0.05) is 5.92 Å². The number of hydrogen-bond acceptors (Lipinski definition) is 3. The highest BCUT2D eigenvalue weighted by Gasteiger charge is 2.32. The second-order valence-electron chi connectivity index (χ2n) is 6.81. The number of ether oxygens (including phenoxy) is 2. The summed E-state index contributed by atoms with van der Waals surface area (Å²) in [7, 11) is 1.66.